The molecule has 0 aliphatic rings. The van der Waals surface area contributed by atoms with Crippen molar-refractivity contribution in [1.29, 1.82) is 0 Å². The fraction of sp³-hybridized carbons (Fsp3) is 0.875. The van der Waals surface area contributed by atoms with Gasteiger partial charge in [-0.05, 0) is 6.42 Å². The zero-order valence-electron chi connectivity index (χ0n) is 7.19. The zero-order valence-corrected chi connectivity index (χ0v) is 10.4. The third kappa shape index (κ3) is 6.00. The van der Waals surface area contributed by atoms with Gasteiger partial charge in [-0.2, -0.15) is 0 Å². The molecule has 0 radical (unpaired) electrons. The van der Waals surface area contributed by atoms with E-state index >= 15 is 0 Å². The van der Waals surface area contributed by atoms with E-state index < -0.39 is 0 Å². The highest BCUT2D eigenvalue weighted by molar-refractivity contribution is 9.12. The van der Waals surface area contributed by atoms with Crippen molar-refractivity contribution in [3.8, 4) is 0 Å². The first-order valence-electron chi connectivity index (χ1n) is 4.09. The van der Waals surface area contributed by atoms with Crippen molar-refractivity contribution < 1.29 is 9.53 Å². The lowest BCUT2D eigenvalue weighted by Gasteiger charge is -2.06. The van der Waals surface area contributed by atoms with Crippen molar-refractivity contribution in [2.45, 2.75) is 31.0 Å². The number of alkyl halides is 2. The first-order valence-corrected chi connectivity index (χ1v) is 6.12. The number of halogens is 2. The minimum Gasteiger partial charge on any atom is -0.465 e. The summed E-state index contributed by atoms with van der Waals surface area (Å²) in [5, 5.41) is 0.597. The van der Waals surface area contributed by atoms with E-state index in [1.54, 1.807) is 0 Å². The third-order valence-corrected chi connectivity index (χ3v) is 3.60. The molecule has 0 aromatic carbocycles. The van der Waals surface area contributed by atoms with Crippen LogP contribution >= 0.6 is 31.9 Å². The van der Waals surface area contributed by atoms with Crippen LogP contribution in [0.3, 0.4) is 0 Å². The molecule has 0 fully saturated rings. The summed E-state index contributed by atoms with van der Waals surface area (Å²) in [6.45, 7) is 2.66. The predicted octanol–water partition coefficient (Wildman–Crippen LogP) is 2.88. The maximum absolute atomic E-state index is 11.0. The standard InChI is InChI=1S/C8H14Br2O2/c1-2-3-4-5-12-8(11)7(10)6-9/h7H,2-6H2,1H3/t7-/m1/s1. The Hall–Kier alpha value is 0.430. The Balaban J connectivity index is 3.31. The van der Waals surface area contributed by atoms with Gasteiger partial charge in [-0.25, -0.2) is 0 Å². The molecule has 0 aliphatic heterocycles. The van der Waals surface area contributed by atoms with E-state index in [0.29, 0.717) is 11.9 Å². The second-order valence-electron chi connectivity index (χ2n) is 2.50. The molecule has 4 heteroatoms. The summed E-state index contributed by atoms with van der Waals surface area (Å²) in [6, 6.07) is 0. The third-order valence-electron chi connectivity index (χ3n) is 1.38. The lowest BCUT2D eigenvalue weighted by Crippen LogP contribution is -2.19. The topological polar surface area (TPSA) is 26.3 Å². The molecule has 0 aliphatic carbocycles. The van der Waals surface area contributed by atoms with E-state index in [0.717, 1.165) is 19.3 Å². The van der Waals surface area contributed by atoms with Crippen LogP contribution in [-0.2, 0) is 9.53 Å². The van der Waals surface area contributed by atoms with Crippen LogP contribution in [-0.4, -0.2) is 22.7 Å². The number of esters is 1. The highest BCUT2D eigenvalue weighted by Crippen LogP contribution is 2.06. The lowest BCUT2D eigenvalue weighted by molar-refractivity contribution is -0.142. The summed E-state index contributed by atoms with van der Waals surface area (Å²) in [5.74, 6) is -0.178. The summed E-state index contributed by atoms with van der Waals surface area (Å²) in [5.41, 5.74) is 0. The molecule has 0 N–H and O–H groups in total. The van der Waals surface area contributed by atoms with Gasteiger partial charge in [0.1, 0.15) is 4.83 Å². The van der Waals surface area contributed by atoms with Crippen LogP contribution in [0, 0.1) is 0 Å². The van der Waals surface area contributed by atoms with Gasteiger partial charge in [0.05, 0.1) is 6.61 Å². The van der Waals surface area contributed by atoms with Gasteiger partial charge >= 0.3 is 5.97 Å². The second kappa shape index (κ2) is 8.05. The minimum absolute atomic E-state index is 0.178. The molecule has 12 heavy (non-hydrogen) atoms. The molecule has 0 amide bonds. The van der Waals surface area contributed by atoms with E-state index in [4.69, 9.17) is 4.74 Å². The number of hydrogen-bond acceptors (Lipinski definition) is 2. The molecule has 0 rings (SSSR count). The summed E-state index contributed by atoms with van der Waals surface area (Å²) >= 11 is 6.38. The van der Waals surface area contributed by atoms with Crippen LogP contribution in [0.4, 0.5) is 0 Å². The molecule has 0 heterocycles. The van der Waals surface area contributed by atoms with Gasteiger partial charge in [0.2, 0.25) is 0 Å². The Kier molecular flexibility index (Phi) is 8.34. The molecule has 1 atom stereocenters. The average Bonchev–Trinajstić information content (AvgIpc) is 2.10. The summed E-state index contributed by atoms with van der Waals surface area (Å²) in [7, 11) is 0. The Morgan fingerprint density at radius 2 is 2.17 bits per heavy atom. The van der Waals surface area contributed by atoms with E-state index in [2.05, 4.69) is 38.8 Å². The van der Waals surface area contributed by atoms with Gasteiger partial charge in [0.25, 0.3) is 0 Å². The van der Waals surface area contributed by atoms with Crippen molar-refractivity contribution in [3.05, 3.63) is 0 Å². The van der Waals surface area contributed by atoms with Gasteiger partial charge in [-0.15, -0.1) is 0 Å². The SMILES string of the molecule is CCCCCOC(=O)[C@H](Br)CBr. The molecule has 0 saturated heterocycles. The van der Waals surface area contributed by atoms with Crippen molar-refractivity contribution in [2.75, 3.05) is 11.9 Å². The van der Waals surface area contributed by atoms with E-state index in [1.807, 2.05) is 0 Å². The lowest BCUT2D eigenvalue weighted by atomic mass is 10.3. The van der Waals surface area contributed by atoms with Gasteiger partial charge in [0.15, 0.2) is 0 Å². The van der Waals surface area contributed by atoms with Crippen LogP contribution in [0.1, 0.15) is 26.2 Å². The normalized spacial score (nSPS) is 12.6. The molecule has 2 nitrogen and oxygen atoms in total. The maximum atomic E-state index is 11.0. The molecular weight excluding hydrogens is 288 g/mol. The molecule has 0 aromatic rings. The molecule has 72 valence electrons. The quantitative estimate of drug-likeness (QED) is 0.428. The fourth-order valence-corrected chi connectivity index (χ4v) is 1.07. The molecule has 0 bridgehead atoms. The average molecular weight is 302 g/mol. The smallest absolute Gasteiger partial charge is 0.320 e. The highest BCUT2D eigenvalue weighted by Gasteiger charge is 2.13. The molecular formula is C8H14Br2O2. The second-order valence-corrected chi connectivity index (χ2v) is 4.25. The molecule has 0 saturated carbocycles. The van der Waals surface area contributed by atoms with Crippen LogP contribution in [0.15, 0.2) is 0 Å². The van der Waals surface area contributed by atoms with Crippen molar-refractivity contribution in [3.63, 3.8) is 0 Å². The van der Waals surface area contributed by atoms with E-state index in [9.17, 15) is 4.79 Å². The van der Waals surface area contributed by atoms with Gasteiger partial charge in [-0.1, -0.05) is 51.6 Å². The molecule has 0 unspecified atom stereocenters. The maximum Gasteiger partial charge on any atom is 0.320 e. The number of rotatable bonds is 6. The summed E-state index contributed by atoms with van der Waals surface area (Å²) in [6.07, 6.45) is 3.23. The van der Waals surface area contributed by atoms with Crippen LogP contribution in [0.2, 0.25) is 0 Å². The Morgan fingerprint density at radius 1 is 1.50 bits per heavy atom. The number of hydrogen-bond donors (Lipinski definition) is 0. The first-order chi connectivity index (χ1) is 5.72. The summed E-state index contributed by atoms with van der Waals surface area (Å²) in [4.78, 5) is 10.8. The van der Waals surface area contributed by atoms with E-state index in [-0.39, 0.29) is 10.8 Å². The van der Waals surface area contributed by atoms with Crippen LogP contribution in [0.5, 0.6) is 0 Å². The van der Waals surface area contributed by atoms with Crippen molar-refractivity contribution in [1.82, 2.24) is 0 Å². The number of carbonyl (C=O) groups is 1. The Labute approximate surface area is 90.3 Å². The highest BCUT2D eigenvalue weighted by atomic mass is 79.9. The Morgan fingerprint density at radius 3 is 2.67 bits per heavy atom. The predicted molar refractivity (Wildman–Crippen MR) is 57.0 cm³/mol. The van der Waals surface area contributed by atoms with E-state index in [1.165, 1.54) is 0 Å². The largest absolute Gasteiger partial charge is 0.465 e. The van der Waals surface area contributed by atoms with Crippen LogP contribution in [0.25, 0.3) is 0 Å². The number of unbranched alkanes of at least 4 members (excludes halogenated alkanes) is 2. The minimum atomic E-state index is -0.209. The number of ether oxygens (including phenoxy) is 1. The number of carbonyl (C=O) groups excluding carboxylic acids is 1. The monoisotopic (exact) mass is 300 g/mol. The van der Waals surface area contributed by atoms with Crippen molar-refractivity contribution in [2.24, 2.45) is 0 Å². The van der Waals surface area contributed by atoms with Crippen LogP contribution < -0.4 is 0 Å². The van der Waals surface area contributed by atoms with Gasteiger partial charge < -0.3 is 4.74 Å². The van der Waals surface area contributed by atoms with Gasteiger partial charge in [-0.3, -0.25) is 4.79 Å². The first kappa shape index (κ1) is 12.4. The van der Waals surface area contributed by atoms with Crippen molar-refractivity contribution >= 4 is 37.8 Å². The molecule has 0 spiro atoms. The summed E-state index contributed by atoms with van der Waals surface area (Å²) < 4.78 is 4.98. The Bertz CT molecular complexity index is 128. The molecule has 0 aromatic heterocycles. The zero-order chi connectivity index (χ0) is 9.40. The fourth-order valence-electron chi connectivity index (χ4n) is 0.678. The van der Waals surface area contributed by atoms with Gasteiger partial charge in [0, 0.05) is 5.33 Å².